The molecule has 0 atom stereocenters. The molecule has 0 heterocycles. The van der Waals surface area contributed by atoms with Gasteiger partial charge in [-0.1, -0.05) is 70.6 Å². The maximum Gasteiger partial charge on any atom is 0.303 e. The Labute approximate surface area is 165 Å². The Morgan fingerprint density at radius 3 is 1.44 bits per heavy atom. The fraction of sp³-hybridized carbons (Fsp3) is 0.895. The molecule has 27 heavy (non-hydrogen) atoms. The number of carboxylic acid groups (broad SMARTS) is 1. The number of hydrogen-bond donors (Lipinski definition) is 3. The van der Waals surface area contributed by atoms with Crippen molar-refractivity contribution < 1.29 is 23.1 Å². The molecule has 162 valence electrons. The summed E-state index contributed by atoms with van der Waals surface area (Å²) in [7, 11) is -1.54. The van der Waals surface area contributed by atoms with Gasteiger partial charge in [-0.25, -0.2) is 13.1 Å². The summed E-state index contributed by atoms with van der Waals surface area (Å²) in [5, 5.41) is 11.2. The number of carboxylic acids is 1. The Morgan fingerprint density at radius 1 is 0.815 bits per heavy atom. The number of rotatable bonds is 18. The van der Waals surface area contributed by atoms with Gasteiger partial charge >= 0.3 is 5.97 Å². The van der Waals surface area contributed by atoms with Crippen molar-refractivity contribution in [2.75, 3.05) is 19.8 Å². The highest BCUT2D eigenvalue weighted by Gasteiger charge is 1.97. The lowest BCUT2D eigenvalue weighted by Gasteiger charge is -2.03. The molecule has 0 aromatic carbocycles. The second-order valence-electron chi connectivity index (χ2n) is 6.79. The smallest absolute Gasteiger partial charge is 0.303 e. The van der Waals surface area contributed by atoms with E-state index < -0.39 is 16.0 Å². The van der Waals surface area contributed by atoms with E-state index in [2.05, 4.69) is 10.0 Å². The standard InChI is InChI=1S/C17H33NO3.C2H7NO2S/c19-16-18-15-13-11-9-7-5-3-1-2-4-6-8-10-12-14-17(20)21;1-3-6(2,4)5/h16H,1-15H2,(H,18,19)(H,20,21);3H,1-2H3. The SMILES string of the molecule is CNS(C)(=O)=O.O=CNCCCCCCCCCCCCCCCC(=O)O. The van der Waals surface area contributed by atoms with E-state index in [0.717, 1.165) is 38.5 Å². The fourth-order valence-corrected chi connectivity index (χ4v) is 2.51. The minimum Gasteiger partial charge on any atom is -0.481 e. The highest BCUT2D eigenvalue weighted by atomic mass is 32.2. The van der Waals surface area contributed by atoms with Crippen LogP contribution in [0.1, 0.15) is 89.9 Å². The van der Waals surface area contributed by atoms with Crippen LogP contribution in [0.5, 0.6) is 0 Å². The number of sulfonamides is 1. The molecule has 0 aliphatic heterocycles. The van der Waals surface area contributed by atoms with Crippen LogP contribution in [0, 0.1) is 0 Å². The van der Waals surface area contributed by atoms with Crippen LogP contribution in [0.2, 0.25) is 0 Å². The second-order valence-corrected chi connectivity index (χ2v) is 8.74. The summed E-state index contributed by atoms with van der Waals surface area (Å²) < 4.78 is 21.9. The molecule has 7 nitrogen and oxygen atoms in total. The Bertz CT molecular complexity index is 441. The molecule has 0 aliphatic rings. The Balaban J connectivity index is 0. The molecule has 0 unspecified atom stereocenters. The van der Waals surface area contributed by atoms with Gasteiger partial charge in [-0.05, 0) is 19.9 Å². The van der Waals surface area contributed by atoms with E-state index in [9.17, 15) is 18.0 Å². The van der Waals surface area contributed by atoms with E-state index in [1.807, 2.05) is 0 Å². The first-order valence-corrected chi connectivity index (χ1v) is 12.0. The van der Waals surface area contributed by atoms with Crippen molar-refractivity contribution >= 4 is 22.4 Å². The third-order valence-electron chi connectivity index (χ3n) is 4.17. The predicted molar refractivity (Wildman–Crippen MR) is 110 cm³/mol. The third kappa shape index (κ3) is 32.9. The van der Waals surface area contributed by atoms with Gasteiger partial charge in [0.25, 0.3) is 0 Å². The van der Waals surface area contributed by atoms with E-state index in [1.54, 1.807) is 0 Å². The van der Waals surface area contributed by atoms with E-state index >= 15 is 0 Å². The number of nitrogens with one attached hydrogen (secondary N) is 2. The average molecular weight is 409 g/mol. The number of carbonyl (C=O) groups excluding carboxylic acids is 1. The van der Waals surface area contributed by atoms with Crippen LogP contribution in [-0.2, 0) is 19.6 Å². The van der Waals surface area contributed by atoms with Crippen molar-refractivity contribution in [1.29, 1.82) is 0 Å². The van der Waals surface area contributed by atoms with Crippen molar-refractivity contribution in [3.8, 4) is 0 Å². The number of aliphatic carboxylic acids is 1. The van der Waals surface area contributed by atoms with E-state index in [4.69, 9.17) is 5.11 Å². The minimum atomic E-state index is -2.91. The monoisotopic (exact) mass is 408 g/mol. The van der Waals surface area contributed by atoms with Crippen LogP contribution in [0.3, 0.4) is 0 Å². The van der Waals surface area contributed by atoms with Crippen LogP contribution in [0.25, 0.3) is 0 Å². The molecule has 0 fully saturated rings. The van der Waals surface area contributed by atoms with E-state index in [0.29, 0.717) is 6.42 Å². The molecule has 3 N–H and O–H groups in total. The molecule has 0 rings (SSSR count). The third-order valence-corrected chi connectivity index (χ3v) is 4.91. The molecule has 0 aliphatic carbocycles. The molecule has 0 radical (unpaired) electrons. The molecule has 0 saturated carbocycles. The van der Waals surface area contributed by atoms with Gasteiger partial charge in [-0.15, -0.1) is 0 Å². The first kappa shape index (κ1) is 28.1. The molecular formula is C19H40N2O5S. The summed E-state index contributed by atoms with van der Waals surface area (Å²) in [6, 6.07) is 0. The van der Waals surface area contributed by atoms with Crippen molar-refractivity contribution in [3.05, 3.63) is 0 Å². The first-order chi connectivity index (χ1) is 12.8. The van der Waals surface area contributed by atoms with Crippen LogP contribution >= 0.6 is 0 Å². The summed E-state index contributed by atoms with van der Waals surface area (Å²) in [5.74, 6) is -0.671. The summed E-state index contributed by atoms with van der Waals surface area (Å²) >= 11 is 0. The van der Waals surface area contributed by atoms with E-state index in [1.165, 1.54) is 71.3 Å². The highest BCUT2D eigenvalue weighted by Crippen LogP contribution is 2.12. The molecule has 0 bridgehead atoms. The molecular weight excluding hydrogens is 368 g/mol. The zero-order chi connectivity index (χ0) is 20.8. The molecule has 0 saturated heterocycles. The second kappa shape index (κ2) is 21.2. The molecule has 0 aromatic heterocycles. The Morgan fingerprint density at radius 2 is 1.15 bits per heavy atom. The topological polar surface area (TPSA) is 113 Å². The molecule has 1 amide bonds. The Hall–Kier alpha value is -1.15. The van der Waals surface area contributed by atoms with Gasteiger partial charge in [0, 0.05) is 13.0 Å². The average Bonchev–Trinajstić information content (AvgIpc) is 2.61. The number of hydrogen-bond acceptors (Lipinski definition) is 4. The normalized spacial score (nSPS) is 10.7. The van der Waals surface area contributed by atoms with Crippen molar-refractivity contribution in [3.63, 3.8) is 0 Å². The summed E-state index contributed by atoms with van der Waals surface area (Å²) in [6.07, 6.45) is 18.1. The zero-order valence-electron chi connectivity index (χ0n) is 17.2. The van der Waals surface area contributed by atoms with Crippen LogP contribution in [0.4, 0.5) is 0 Å². The van der Waals surface area contributed by atoms with Crippen LogP contribution in [-0.4, -0.2) is 45.8 Å². The lowest BCUT2D eigenvalue weighted by molar-refractivity contribution is -0.137. The number of unbranched alkanes of at least 4 members (excludes halogenated alkanes) is 12. The Kier molecular flexibility index (Phi) is 22.0. The van der Waals surface area contributed by atoms with Gasteiger partial charge in [-0.2, -0.15) is 0 Å². The molecule has 0 aromatic rings. The molecule has 8 heteroatoms. The summed E-state index contributed by atoms with van der Waals surface area (Å²) in [6.45, 7) is 0.815. The lowest BCUT2D eigenvalue weighted by Crippen LogP contribution is -2.15. The van der Waals surface area contributed by atoms with Gasteiger partial charge < -0.3 is 10.4 Å². The van der Waals surface area contributed by atoms with E-state index in [-0.39, 0.29) is 0 Å². The first-order valence-electron chi connectivity index (χ1n) is 10.1. The lowest BCUT2D eigenvalue weighted by atomic mass is 10.0. The maximum absolute atomic E-state index is 10.3. The predicted octanol–water partition coefficient (Wildman–Crippen LogP) is 3.44. The largest absolute Gasteiger partial charge is 0.481 e. The van der Waals surface area contributed by atoms with Crippen LogP contribution in [0.15, 0.2) is 0 Å². The number of carbonyl (C=O) groups is 2. The van der Waals surface area contributed by atoms with Gasteiger partial charge in [-0.3, -0.25) is 9.59 Å². The quantitative estimate of drug-likeness (QED) is 0.237. The number of amides is 1. The zero-order valence-corrected chi connectivity index (χ0v) is 18.0. The molecule has 0 spiro atoms. The van der Waals surface area contributed by atoms with Crippen molar-refractivity contribution in [2.24, 2.45) is 0 Å². The van der Waals surface area contributed by atoms with Crippen LogP contribution < -0.4 is 10.0 Å². The van der Waals surface area contributed by atoms with Gasteiger partial charge in [0.15, 0.2) is 0 Å². The van der Waals surface area contributed by atoms with Gasteiger partial charge in [0.2, 0.25) is 16.4 Å². The maximum atomic E-state index is 10.3. The summed E-state index contributed by atoms with van der Waals surface area (Å²) in [4.78, 5) is 20.4. The van der Waals surface area contributed by atoms with Crippen molar-refractivity contribution in [2.45, 2.75) is 89.9 Å². The van der Waals surface area contributed by atoms with Crippen molar-refractivity contribution in [1.82, 2.24) is 10.0 Å². The highest BCUT2D eigenvalue weighted by molar-refractivity contribution is 7.88. The minimum absolute atomic E-state index is 0.325. The van der Waals surface area contributed by atoms with Gasteiger partial charge in [0.1, 0.15) is 0 Å². The summed E-state index contributed by atoms with van der Waals surface area (Å²) in [5.41, 5.74) is 0. The fourth-order valence-electron chi connectivity index (χ4n) is 2.51. The van der Waals surface area contributed by atoms with Gasteiger partial charge in [0.05, 0.1) is 6.26 Å².